The highest BCUT2D eigenvalue weighted by molar-refractivity contribution is 5.84. The molecule has 0 aliphatic heterocycles. The third-order valence-corrected chi connectivity index (χ3v) is 1.90. The van der Waals surface area contributed by atoms with E-state index in [9.17, 15) is 9.59 Å². The number of terminal acetylenes is 1. The molecule has 5 heteroatoms. The van der Waals surface area contributed by atoms with E-state index in [-0.39, 0.29) is 18.4 Å². The molecule has 0 saturated carbocycles. The van der Waals surface area contributed by atoms with Crippen molar-refractivity contribution < 1.29 is 9.59 Å². The smallest absolute Gasteiger partial charge is 0.237 e. The lowest BCUT2D eigenvalue weighted by molar-refractivity contribution is -0.124. The monoisotopic (exact) mass is 211 g/mol. The highest BCUT2D eigenvalue weighted by Gasteiger charge is 2.18. The van der Waals surface area contributed by atoms with E-state index in [2.05, 4.69) is 21.9 Å². The Morgan fingerprint density at radius 2 is 1.80 bits per heavy atom. The van der Waals surface area contributed by atoms with Crippen molar-refractivity contribution >= 4 is 11.8 Å². The van der Waals surface area contributed by atoms with Gasteiger partial charge in [-0.1, -0.05) is 5.92 Å². The van der Waals surface area contributed by atoms with Gasteiger partial charge in [-0.3, -0.25) is 14.9 Å². The molecule has 15 heavy (non-hydrogen) atoms. The second-order valence-electron chi connectivity index (χ2n) is 3.15. The third-order valence-electron chi connectivity index (χ3n) is 1.90. The van der Waals surface area contributed by atoms with Crippen LogP contribution in [0.25, 0.3) is 0 Å². The summed E-state index contributed by atoms with van der Waals surface area (Å²) in [6, 6.07) is -0.868. The first-order valence-corrected chi connectivity index (χ1v) is 4.71. The molecule has 0 saturated heterocycles. The van der Waals surface area contributed by atoms with E-state index < -0.39 is 12.1 Å². The van der Waals surface area contributed by atoms with Crippen LogP contribution in [0.15, 0.2) is 0 Å². The van der Waals surface area contributed by atoms with Crippen LogP contribution in [0.3, 0.4) is 0 Å². The van der Waals surface area contributed by atoms with Gasteiger partial charge in [-0.2, -0.15) is 0 Å². The average Bonchev–Trinajstić information content (AvgIpc) is 2.24. The van der Waals surface area contributed by atoms with E-state index in [0.29, 0.717) is 0 Å². The van der Waals surface area contributed by atoms with E-state index in [0.717, 1.165) is 0 Å². The summed E-state index contributed by atoms with van der Waals surface area (Å²) in [6.07, 6.45) is 5.00. The third kappa shape index (κ3) is 5.03. The summed E-state index contributed by atoms with van der Waals surface area (Å²) in [5.74, 6) is 1.92. The molecule has 0 radical (unpaired) electrons. The van der Waals surface area contributed by atoms with Gasteiger partial charge in [-0.25, -0.2) is 0 Å². The molecular weight excluding hydrogens is 194 g/mol. The van der Waals surface area contributed by atoms with Crippen molar-refractivity contribution in [1.82, 2.24) is 16.0 Å². The Labute approximate surface area is 90.0 Å². The van der Waals surface area contributed by atoms with Crippen molar-refractivity contribution in [2.45, 2.75) is 25.9 Å². The van der Waals surface area contributed by atoms with E-state index in [1.807, 2.05) is 0 Å². The van der Waals surface area contributed by atoms with Gasteiger partial charge in [-0.05, 0) is 13.8 Å². The van der Waals surface area contributed by atoms with E-state index in [1.165, 1.54) is 0 Å². The number of rotatable bonds is 5. The second-order valence-corrected chi connectivity index (χ2v) is 3.15. The molecule has 0 aromatic rings. The lowest BCUT2D eigenvalue weighted by Crippen LogP contribution is -2.50. The fraction of sp³-hybridized carbons (Fsp3) is 0.600. The Hall–Kier alpha value is -1.54. The van der Waals surface area contributed by atoms with Crippen LogP contribution in [0, 0.1) is 12.3 Å². The summed E-state index contributed by atoms with van der Waals surface area (Å²) in [5.41, 5.74) is 0. The Morgan fingerprint density at radius 3 is 2.27 bits per heavy atom. The summed E-state index contributed by atoms with van der Waals surface area (Å²) in [5, 5.41) is 7.86. The van der Waals surface area contributed by atoms with Gasteiger partial charge in [0.2, 0.25) is 11.8 Å². The van der Waals surface area contributed by atoms with Gasteiger partial charge in [-0.15, -0.1) is 6.42 Å². The lowest BCUT2D eigenvalue weighted by Gasteiger charge is -2.17. The van der Waals surface area contributed by atoms with Gasteiger partial charge in [0.25, 0.3) is 0 Å². The molecule has 5 nitrogen and oxygen atoms in total. The zero-order chi connectivity index (χ0) is 11.8. The minimum absolute atomic E-state index is 0.161. The van der Waals surface area contributed by atoms with Crippen LogP contribution in [-0.4, -0.2) is 37.5 Å². The Morgan fingerprint density at radius 1 is 1.27 bits per heavy atom. The molecule has 0 heterocycles. The van der Waals surface area contributed by atoms with Gasteiger partial charge >= 0.3 is 0 Å². The Bertz CT molecular complexity index is 270. The zero-order valence-electron chi connectivity index (χ0n) is 9.26. The SMILES string of the molecule is C#CCNC(=O)C(C)NC(C)C(=O)NC. The van der Waals surface area contributed by atoms with E-state index >= 15 is 0 Å². The number of amides is 2. The maximum absolute atomic E-state index is 11.3. The predicted molar refractivity (Wildman–Crippen MR) is 58.0 cm³/mol. The van der Waals surface area contributed by atoms with Crippen LogP contribution >= 0.6 is 0 Å². The van der Waals surface area contributed by atoms with Crippen molar-refractivity contribution in [3.05, 3.63) is 0 Å². The number of nitrogens with one attached hydrogen (secondary N) is 3. The van der Waals surface area contributed by atoms with Crippen LogP contribution in [0.5, 0.6) is 0 Å². The minimum Gasteiger partial charge on any atom is -0.358 e. The van der Waals surface area contributed by atoms with Crippen molar-refractivity contribution in [1.29, 1.82) is 0 Å². The molecular formula is C10H17N3O2. The highest BCUT2D eigenvalue weighted by atomic mass is 16.2. The van der Waals surface area contributed by atoms with E-state index in [1.54, 1.807) is 20.9 Å². The maximum atomic E-state index is 11.3. The zero-order valence-corrected chi connectivity index (χ0v) is 9.26. The normalized spacial score (nSPS) is 13.5. The molecule has 0 aromatic carbocycles. The van der Waals surface area contributed by atoms with Crippen molar-refractivity contribution in [3.63, 3.8) is 0 Å². The molecule has 2 amide bonds. The highest BCUT2D eigenvalue weighted by Crippen LogP contribution is 1.88. The molecule has 2 atom stereocenters. The largest absolute Gasteiger partial charge is 0.358 e. The number of hydrogen-bond acceptors (Lipinski definition) is 3. The van der Waals surface area contributed by atoms with Crippen molar-refractivity contribution in [3.8, 4) is 12.3 Å². The van der Waals surface area contributed by atoms with Gasteiger partial charge in [0.1, 0.15) is 0 Å². The molecule has 84 valence electrons. The van der Waals surface area contributed by atoms with E-state index in [4.69, 9.17) is 6.42 Å². The quantitative estimate of drug-likeness (QED) is 0.503. The van der Waals surface area contributed by atoms with Crippen molar-refractivity contribution in [2.75, 3.05) is 13.6 Å². The van der Waals surface area contributed by atoms with Crippen LogP contribution in [0.4, 0.5) is 0 Å². The number of carbonyl (C=O) groups excluding carboxylic acids is 2. The first-order chi connectivity index (χ1) is 7.02. The topological polar surface area (TPSA) is 70.2 Å². The average molecular weight is 211 g/mol. The maximum Gasteiger partial charge on any atom is 0.237 e. The molecule has 2 unspecified atom stereocenters. The summed E-state index contributed by atoms with van der Waals surface area (Å²) < 4.78 is 0. The summed E-state index contributed by atoms with van der Waals surface area (Å²) >= 11 is 0. The number of likely N-dealkylation sites (N-methyl/N-ethyl adjacent to an activating group) is 1. The Balaban J connectivity index is 4.02. The van der Waals surface area contributed by atoms with Crippen LogP contribution in [0.1, 0.15) is 13.8 Å². The predicted octanol–water partition coefficient (Wildman–Crippen LogP) is -1.15. The number of hydrogen-bond donors (Lipinski definition) is 3. The second kappa shape index (κ2) is 6.85. The molecule has 0 aliphatic rings. The summed E-state index contributed by atoms with van der Waals surface area (Å²) in [4.78, 5) is 22.5. The first-order valence-electron chi connectivity index (χ1n) is 4.71. The van der Waals surface area contributed by atoms with Crippen LogP contribution in [0.2, 0.25) is 0 Å². The standard InChI is InChI=1S/C10H17N3O2/c1-5-6-12-10(15)8(3)13-7(2)9(14)11-4/h1,7-8,13H,6H2,2-4H3,(H,11,14)(H,12,15). The first kappa shape index (κ1) is 13.5. The molecule has 0 spiro atoms. The van der Waals surface area contributed by atoms with Gasteiger partial charge < -0.3 is 10.6 Å². The molecule has 0 fully saturated rings. The van der Waals surface area contributed by atoms with Gasteiger partial charge in [0.15, 0.2) is 0 Å². The molecule has 0 rings (SSSR count). The molecule has 0 aliphatic carbocycles. The fourth-order valence-corrected chi connectivity index (χ4v) is 1.03. The molecule has 0 aromatic heterocycles. The summed E-state index contributed by atoms with van der Waals surface area (Å²) in [7, 11) is 1.55. The number of carbonyl (C=O) groups is 2. The minimum atomic E-state index is -0.453. The lowest BCUT2D eigenvalue weighted by atomic mass is 10.2. The molecule has 0 bridgehead atoms. The Kier molecular flexibility index (Phi) is 6.14. The van der Waals surface area contributed by atoms with Crippen LogP contribution in [-0.2, 0) is 9.59 Å². The van der Waals surface area contributed by atoms with Crippen LogP contribution < -0.4 is 16.0 Å². The van der Waals surface area contributed by atoms with Gasteiger partial charge in [0.05, 0.1) is 18.6 Å². The summed E-state index contributed by atoms with van der Waals surface area (Å²) in [6.45, 7) is 3.55. The van der Waals surface area contributed by atoms with Gasteiger partial charge in [0, 0.05) is 7.05 Å². The van der Waals surface area contributed by atoms with Crippen molar-refractivity contribution in [2.24, 2.45) is 0 Å². The molecule has 3 N–H and O–H groups in total. The fourth-order valence-electron chi connectivity index (χ4n) is 1.03.